The van der Waals surface area contributed by atoms with E-state index in [1.807, 2.05) is 19.1 Å². The normalized spacial score (nSPS) is 10.6. The summed E-state index contributed by atoms with van der Waals surface area (Å²) in [5, 5.41) is 0. The van der Waals surface area contributed by atoms with Crippen molar-refractivity contribution in [2.45, 2.75) is 13.5 Å². The minimum absolute atomic E-state index is 0.215. The molecule has 1 heterocycles. The van der Waals surface area contributed by atoms with E-state index in [2.05, 4.69) is 0 Å². The van der Waals surface area contributed by atoms with Crippen LogP contribution in [-0.2, 0) is 6.54 Å². The molecule has 0 aliphatic heterocycles. The Labute approximate surface area is 92.4 Å². The topological polar surface area (TPSA) is 26.0 Å². The van der Waals surface area contributed by atoms with Gasteiger partial charge in [-0.05, 0) is 42.3 Å². The van der Waals surface area contributed by atoms with Crippen LogP contribution in [0, 0.1) is 12.7 Å². The highest BCUT2D eigenvalue weighted by atomic mass is 32.1. The first kappa shape index (κ1) is 10.3. The lowest BCUT2D eigenvalue weighted by Crippen LogP contribution is -1.98. The van der Waals surface area contributed by atoms with Crippen molar-refractivity contribution in [3.8, 4) is 10.4 Å². The maximum atomic E-state index is 13.1. The monoisotopic (exact) mass is 221 g/mol. The zero-order chi connectivity index (χ0) is 10.8. The summed E-state index contributed by atoms with van der Waals surface area (Å²) in [6, 6.07) is 8.79. The molecule has 1 nitrogen and oxygen atoms in total. The van der Waals surface area contributed by atoms with Gasteiger partial charge >= 0.3 is 0 Å². The van der Waals surface area contributed by atoms with Gasteiger partial charge in [0.15, 0.2) is 0 Å². The number of halogens is 1. The fourth-order valence-electron chi connectivity index (χ4n) is 1.54. The molecule has 3 heteroatoms. The van der Waals surface area contributed by atoms with Gasteiger partial charge in [0.05, 0.1) is 0 Å². The van der Waals surface area contributed by atoms with E-state index in [9.17, 15) is 4.39 Å². The molecular formula is C12H12FNS. The van der Waals surface area contributed by atoms with Crippen molar-refractivity contribution in [1.29, 1.82) is 0 Å². The van der Waals surface area contributed by atoms with E-state index in [4.69, 9.17) is 5.73 Å². The van der Waals surface area contributed by atoms with Gasteiger partial charge in [-0.3, -0.25) is 0 Å². The first-order valence-corrected chi connectivity index (χ1v) is 5.57. The van der Waals surface area contributed by atoms with Gasteiger partial charge < -0.3 is 5.73 Å². The molecule has 2 aromatic rings. The molecule has 0 saturated carbocycles. The van der Waals surface area contributed by atoms with Crippen molar-refractivity contribution in [2.24, 2.45) is 5.73 Å². The average Bonchev–Trinajstić information content (AvgIpc) is 2.65. The summed E-state index contributed by atoms with van der Waals surface area (Å²) in [6.07, 6.45) is 0. The van der Waals surface area contributed by atoms with Gasteiger partial charge in [-0.15, -0.1) is 11.3 Å². The van der Waals surface area contributed by atoms with Crippen LogP contribution in [0.5, 0.6) is 0 Å². The molecule has 0 aliphatic rings. The van der Waals surface area contributed by atoms with Crippen LogP contribution in [0.2, 0.25) is 0 Å². The molecule has 1 aromatic heterocycles. The van der Waals surface area contributed by atoms with Crippen LogP contribution < -0.4 is 5.73 Å². The van der Waals surface area contributed by atoms with E-state index < -0.39 is 0 Å². The third-order valence-electron chi connectivity index (χ3n) is 2.30. The maximum absolute atomic E-state index is 13.1. The highest BCUT2D eigenvalue weighted by Crippen LogP contribution is 2.30. The van der Waals surface area contributed by atoms with Crippen LogP contribution in [0.15, 0.2) is 30.3 Å². The fraction of sp³-hybridized carbons (Fsp3) is 0.167. The number of hydrogen-bond acceptors (Lipinski definition) is 2. The minimum atomic E-state index is -0.215. The molecule has 15 heavy (non-hydrogen) atoms. The lowest BCUT2D eigenvalue weighted by atomic mass is 10.1. The summed E-state index contributed by atoms with van der Waals surface area (Å²) < 4.78 is 13.1. The lowest BCUT2D eigenvalue weighted by molar-refractivity contribution is 0.627. The van der Waals surface area contributed by atoms with Gasteiger partial charge in [-0.2, -0.15) is 0 Å². The average molecular weight is 221 g/mol. The van der Waals surface area contributed by atoms with Crippen molar-refractivity contribution < 1.29 is 4.39 Å². The second kappa shape index (κ2) is 4.13. The summed E-state index contributed by atoms with van der Waals surface area (Å²) in [7, 11) is 0. The summed E-state index contributed by atoms with van der Waals surface area (Å²) in [5.74, 6) is -0.215. The minimum Gasteiger partial charge on any atom is -0.326 e. The van der Waals surface area contributed by atoms with Gasteiger partial charge in [0.2, 0.25) is 0 Å². The zero-order valence-electron chi connectivity index (χ0n) is 8.46. The molecule has 0 radical (unpaired) electrons. The third-order valence-corrected chi connectivity index (χ3v) is 3.33. The molecule has 0 bridgehead atoms. The number of rotatable bonds is 2. The van der Waals surface area contributed by atoms with E-state index in [1.165, 1.54) is 10.9 Å². The van der Waals surface area contributed by atoms with Crippen molar-refractivity contribution in [3.63, 3.8) is 0 Å². The second-order valence-electron chi connectivity index (χ2n) is 3.42. The Morgan fingerprint density at radius 2 is 2.07 bits per heavy atom. The quantitative estimate of drug-likeness (QED) is 0.827. The second-order valence-corrected chi connectivity index (χ2v) is 4.70. The molecule has 0 aliphatic carbocycles. The van der Waals surface area contributed by atoms with E-state index in [1.54, 1.807) is 23.5 Å². The molecule has 2 rings (SSSR count). The lowest BCUT2D eigenvalue weighted by Gasteiger charge is -2.05. The Kier molecular flexibility index (Phi) is 2.84. The maximum Gasteiger partial charge on any atom is 0.123 e. The largest absolute Gasteiger partial charge is 0.326 e. The molecule has 0 atom stereocenters. The van der Waals surface area contributed by atoms with Gasteiger partial charge in [0.1, 0.15) is 5.82 Å². The first-order valence-electron chi connectivity index (χ1n) is 4.76. The highest BCUT2D eigenvalue weighted by molar-refractivity contribution is 7.15. The Morgan fingerprint density at radius 3 is 2.67 bits per heavy atom. The smallest absolute Gasteiger partial charge is 0.123 e. The SMILES string of the molecule is Cc1ccc(-c2cc(F)ccc2CN)s1. The molecular weight excluding hydrogens is 209 g/mol. The van der Waals surface area contributed by atoms with Gasteiger partial charge in [-0.25, -0.2) is 4.39 Å². The van der Waals surface area contributed by atoms with Gasteiger partial charge in [0, 0.05) is 16.3 Å². The van der Waals surface area contributed by atoms with Crippen LogP contribution in [0.1, 0.15) is 10.4 Å². The van der Waals surface area contributed by atoms with Crippen LogP contribution in [0.25, 0.3) is 10.4 Å². The van der Waals surface area contributed by atoms with Crippen molar-refractivity contribution in [2.75, 3.05) is 0 Å². The Bertz CT molecular complexity index is 476. The fourth-order valence-corrected chi connectivity index (χ4v) is 2.45. The molecule has 0 amide bonds. The molecule has 0 spiro atoms. The third kappa shape index (κ3) is 2.08. The van der Waals surface area contributed by atoms with Crippen molar-refractivity contribution in [1.82, 2.24) is 0 Å². The summed E-state index contributed by atoms with van der Waals surface area (Å²) in [5.41, 5.74) is 7.52. The van der Waals surface area contributed by atoms with E-state index >= 15 is 0 Å². The standard InChI is InChI=1S/C12H12FNS/c1-8-2-5-12(15-8)11-6-10(13)4-3-9(11)7-14/h2-6H,7,14H2,1H3. The first-order chi connectivity index (χ1) is 7.20. The number of nitrogens with two attached hydrogens (primary N) is 1. The molecule has 0 unspecified atom stereocenters. The van der Waals surface area contributed by atoms with Crippen LogP contribution in [0.3, 0.4) is 0 Å². The predicted octanol–water partition coefficient (Wildman–Crippen LogP) is 3.32. The number of thiophene rings is 1. The molecule has 0 saturated heterocycles. The molecule has 78 valence electrons. The zero-order valence-corrected chi connectivity index (χ0v) is 9.27. The van der Waals surface area contributed by atoms with Crippen LogP contribution >= 0.6 is 11.3 Å². The van der Waals surface area contributed by atoms with Crippen LogP contribution in [-0.4, -0.2) is 0 Å². The molecule has 2 N–H and O–H groups in total. The predicted molar refractivity (Wildman–Crippen MR) is 62.3 cm³/mol. The summed E-state index contributed by atoms with van der Waals surface area (Å²) in [6.45, 7) is 2.47. The molecule has 0 fully saturated rings. The van der Waals surface area contributed by atoms with Crippen molar-refractivity contribution in [3.05, 3.63) is 46.6 Å². The van der Waals surface area contributed by atoms with E-state index in [0.29, 0.717) is 6.54 Å². The Hall–Kier alpha value is -1.19. The van der Waals surface area contributed by atoms with Crippen LogP contribution in [0.4, 0.5) is 4.39 Å². The van der Waals surface area contributed by atoms with Crippen molar-refractivity contribution >= 4 is 11.3 Å². The summed E-state index contributed by atoms with van der Waals surface area (Å²) >= 11 is 1.66. The number of aryl methyl sites for hydroxylation is 1. The number of hydrogen-bond donors (Lipinski definition) is 1. The Morgan fingerprint density at radius 1 is 1.27 bits per heavy atom. The van der Waals surface area contributed by atoms with E-state index in [0.717, 1.165) is 16.0 Å². The summed E-state index contributed by atoms with van der Waals surface area (Å²) in [4.78, 5) is 2.30. The van der Waals surface area contributed by atoms with Gasteiger partial charge in [0.25, 0.3) is 0 Å². The van der Waals surface area contributed by atoms with E-state index in [-0.39, 0.29) is 5.82 Å². The van der Waals surface area contributed by atoms with Gasteiger partial charge in [-0.1, -0.05) is 6.07 Å². The Balaban J connectivity index is 2.55. The number of benzene rings is 1. The molecule has 1 aromatic carbocycles. The highest BCUT2D eigenvalue weighted by Gasteiger charge is 2.07.